The Labute approximate surface area is 309 Å². The molecule has 6 aromatic rings. The molecule has 0 atom stereocenters. The van der Waals surface area contributed by atoms with Crippen LogP contribution in [0.4, 0.5) is 20.2 Å². The molecule has 0 saturated heterocycles. The molecule has 55 heavy (non-hydrogen) atoms. The van der Waals surface area contributed by atoms with Crippen LogP contribution in [-0.2, 0) is 9.47 Å². The van der Waals surface area contributed by atoms with Crippen LogP contribution in [0.25, 0.3) is 11.6 Å². The first-order valence-electron chi connectivity index (χ1n) is 16.0. The van der Waals surface area contributed by atoms with Gasteiger partial charge in [0.15, 0.2) is 46.2 Å². The van der Waals surface area contributed by atoms with Crippen molar-refractivity contribution in [3.63, 3.8) is 0 Å². The molecule has 0 aliphatic rings. The van der Waals surface area contributed by atoms with Crippen LogP contribution in [0.2, 0.25) is 0 Å². The molecule has 0 bridgehead atoms. The molecule has 4 heterocycles. The molecular weight excluding hydrogens is 726 g/mol. The molecular formula is C35H28F2N10O8. The number of halogens is 2. The highest BCUT2D eigenvalue weighted by molar-refractivity contribution is 6.08. The average molecular weight is 755 g/mol. The van der Waals surface area contributed by atoms with Gasteiger partial charge >= 0.3 is 11.9 Å². The van der Waals surface area contributed by atoms with Crippen LogP contribution in [0, 0.1) is 11.6 Å². The number of carbonyl (C=O) groups excluding carboxylic acids is 4. The molecule has 0 fully saturated rings. The molecule has 18 nitrogen and oxygen atoms in total. The minimum Gasteiger partial charge on any atom is -0.490 e. The minimum atomic E-state index is -0.935. The Kier molecular flexibility index (Phi) is 11.3. The number of amides is 2. The topological polar surface area (TPSA) is 216 Å². The summed E-state index contributed by atoms with van der Waals surface area (Å²) in [6.07, 6.45) is 9.45. The van der Waals surface area contributed by atoms with Crippen molar-refractivity contribution in [1.29, 1.82) is 0 Å². The van der Waals surface area contributed by atoms with Gasteiger partial charge in [-0.25, -0.2) is 28.3 Å². The monoisotopic (exact) mass is 754 g/mol. The van der Waals surface area contributed by atoms with E-state index in [-0.39, 0.29) is 65.0 Å². The van der Waals surface area contributed by atoms with Gasteiger partial charge < -0.3 is 29.6 Å². The SMILES string of the molecule is COC(=O)c1cc(F)c(OCCCOc2cc(C(=O)OC)c(NC(=O)c3ccc(-n4ccnc4)nn3)cc2F)cc1NC(=O)c1ccc(-n2ccnc2)nn1. The molecule has 0 saturated carbocycles. The standard InChI is InChI=1S/C35H28F2N10O8/c1-52-34(50)20-14-22(36)29(17-27(20)41-33(49)25-5-7-31(45-43-25)47-11-9-39-19-47)55-13-3-12-54-28-15-21(35(51)53-2)26(16-23(28)37)40-32(48)24-4-6-30(44-42-24)46-10-8-38-18-46/h4-11,14-19H,3,12-13H2,1-2H3,(H,40,48)(H,41,49). The van der Waals surface area contributed by atoms with Crippen molar-refractivity contribution in [2.45, 2.75) is 6.42 Å². The van der Waals surface area contributed by atoms with Crippen LogP contribution >= 0.6 is 0 Å². The van der Waals surface area contributed by atoms with Gasteiger partial charge in [0, 0.05) is 43.3 Å². The van der Waals surface area contributed by atoms with E-state index < -0.39 is 35.4 Å². The fourth-order valence-corrected chi connectivity index (χ4v) is 4.85. The fourth-order valence-electron chi connectivity index (χ4n) is 4.85. The van der Waals surface area contributed by atoms with E-state index in [1.165, 1.54) is 36.9 Å². The van der Waals surface area contributed by atoms with E-state index >= 15 is 8.78 Å². The maximum Gasteiger partial charge on any atom is 0.340 e. The van der Waals surface area contributed by atoms with E-state index in [2.05, 4.69) is 41.0 Å². The highest BCUT2D eigenvalue weighted by atomic mass is 19.1. The summed E-state index contributed by atoms with van der Waals surface area (Å²) >= 11 is 0. The summed E-state index contributed by atoms with van der Waals surface area (Å²) in [7, 11) is 2.20. The van der Waals surface area contributed by atoms with Gasteiger partial charge in [-0.15, -0.1) is 20.4 Å². The Balaban J connectivity index is 1.08. The van der Waals surface area contributed by atoms with Gasteiger partial charge in [0.05, 0.1) is 49.9 Å². The zero-order valence-electron chi connectivity index (χ0n) is 28.8. The molecule has 4 aromatic heterocycles. The van der Waals surface area contributed by atoms with E-state index in [1.54, 1.807) is 33.9 Å². The molecule has 0 unspecified atom stereocenters. The number of hydrogen-bond acceptors (Lipinski definition) is 14. The maximum atomic E-state index is 15.1. The number of anilines is 2. The van der Waals surface area contributed by atoms with Crippen molar-refractivity contribution in [3.8, 4) is 23.1 Å². The molecule has 20 heteroatoms. The first-order valence-corrected chi connectivity index (χ1v) is 16.0. The Morgan fingerprint density at radius 1 is 0.636 bits per heavy atom. The summed E-state index contributed by atoms with van der Waals surface area (Å²) in [4.78, 5) is 58.7. The van der Waals surface area contributed by atoms with E-state index in [4.69, 9.17) is 18.9 Å². The second-order valence-electron chi connectivity index (χ2n) is 11.1. The van der Waals surface area contributed by atoms with Gasteiger partial charge in [0.25, 0.3) is 11.8 Å². The van der Waals surface area contributed by atoms with Crippen molar-refractivity contribution in [2.24, 2.45) is 0 Å². The number of imidazole rings is 2. The van der Waals surface area contributed by atoms with Crippen LogP contribution in [-0.4, -0.2) is 90.7 Å². The van der Waals surface area contributed by atoms with Crippen LogP contribution in [0.1, 0.15) is 48.1 Å². The van der Waals surface area contributed by atoms with Crippen LogP contribution in [0.3, 0.4) is 0 Å². The minimum absolute atomic E-state index is 0.0813. The average Bonchev–Trinajstić information content (AvgIpc) is 3.95. The number of aromatic nitrogens is 8. The number of nitrogens with zero attached hydrogens (tertiary/aromatic N) is 8. The largest absolute Gasteiger partial charge is 0.490 e. The normalized spacial score (nSPS) is 10.7. The van der Waals surface area contributed by atoms with Gasteiger partial charge in [-0.1, -0.05) is 0 Å². The summed E-state index contributed by atoms with van der Waals surface area (Å²) in [5, 5.41) is 20.7. The van der Waals surface area contributed by atoms with Gasteiger partial charge in [-0.3, -0.25) is 18.7 Å². The van der Waals surface area contributed by atoms with Gasteiger partial charge in [-0.05, 0) is 36.4 Å². The lowest BCUT2D eigenvalue weighted by Crippen LogP contribution is -2.18. The third kappa shape index (κ3) is 8.71. The number of hydrogen-bond donors (Lipinski definition) is 2. The smallest absolute Gasteiger partial charge is 0.340 e. The number of benzene rings is 2. The Hall–Kier alpha value is -7.64. The predicted molar refractivity (Wildman–Crippen MR) is 185 cm³/mol. The van der Waals surface area contributed by atoms with Crippen molar-refractivity contribution in [2.75, 3.05) is 38.1 Å². The number of esters is 2. The van der Waals surface area contributed by atoms with E-state index in [0.29, 0.717) is 11.6 Å². The van der Waals surface area contributed by atoms with E-state index in [1.807, 2.05) is 0 Å². The molecule has 0 aliphatic carbocycles. The fraction of sp³-hybridized carbons (Fsp3) is 0.143. The van der Waals surface area contributed by atoms with E-state index in [9.17, 15) is 19.2 Å². The maximum absolute atomic E-state index is 15.1. The van der Waals surface area contributed by atoms with Crippen molar-refractivity contribution < 1.29 is 46.9 Å². The quantitative estimate of drug-likeness (QED) is 0.119. The highest BCUT2D eigenvalue weighted by Gasteiger charge is 2.22. The second-order valence-corrected chi connectivity index (χ2v) is 11.1. The molecule has 6 rings (SSSR count). The molecule has 0 aliphatic heterocycles. The lowest BCUT2D eigenvalue weighted by Gasteiger charge is -2.15. The molecule has 2 amide bonds. The highest BCUT2D eigenvalue weighted by Crippen LogP contribution is 2.29. The third-order valence-corrected chi connectivity index (χ3v) is 7.56. The first kappa shape index (κ1) is 37.1. The molecule has 0 spiro atoms. The van der Waals surface area contributed by atoms with Crippen LogP contribution in [0.5, 0.6) is 11.5 Å². The second kappa shape index (κ2) is 16.8. The Morgan fingerprint density at radius 3 is 1.56 bits per heavy atom. The van der Waals surface area contributed by atoms with Crippen molar-refractivity contribution in [3.05, 3.63) is 120 Å². The van der Waals surface area contributed by atoms with Gasteiger partial charge in [-0.2, -0.15) is 0 Å². The van der Waals surface area contributed by atoms with Crippen molar-refractivity contribution in [1.82, 2.24) is 39.5 Å². The van der Waals surface area contributed by atoms with Gasteiger partial charge in [0.1, 0.15) is 12.7 Å². The number of ether oxygens (including phenoxy) is 4. The first-order chi connectivity index (χ1) is 26.6. The molecule has 280 valence electrons. The molecule has 0 radical (unpaired) electrons. The van der Waals surface area contributed by atoms with Gasteiger partial charge in [0.2, 0.25) is 0 Å². The Bertz CT molecular complexity index is 2320. The number of nitrogens with one attached hydrogen (secondary N) is 2. The van der Waals surface area contributed by atoms with Crippen LogP contribution in [0.15, 0.2) is 86.0 Å². The summed E-state index contributed by atoms with van der Waals surface area (Å²) in [5.41, 5.74) is -1.06. The lowest BCUT2D eigenvalue weighted by molar-refractivity contribution is 0.0592. The number of rotatable bonds is 14. The molecule has 2 N–H and O–H groups in total. The zero-order valence-corrected chi connectivity index (χ0v) is 28.8. The zero-order chi connectivity index (χ0) is 38.9. The lowest BCUT2D eigenvalue weighted by atomic mass is 10.1. The van der Waals surface area contributed by atoms with E-state index in [0.717, 1.165) is 38.5 Å². The third-order valence-electron chi connectivity index (χ3n) is 7.56. The predicted octanol–water partition coefficient (Wildman–Crippen LogP) is 3.84. The summed E-state index contributed by atoms with van der Waals surface area (Å²) < 4.78 is 53.9. The van der Waals surface area contributed by atoms with Crippen molar-refractivity contribution >= 4 is 35.1 Å². The summed E-state index contributed by atoms with van der Waals surface area (Å²) in [6.45, 7) is -0.329. The summed E-state index contributed by atoms with van der Waals surface area (Å²) in [5.74, 6) is -5.07. The summed E-state index contributed by atoms with van der Waals surface area (Å²) in [6, 6.07) is 9.72. The number of carbonyl (C=O) groups is 4. The number of methoxy groups -OCH3 is 2. The van der Waals surface area contributed by atoms with Crippen LogP contribution < -0.4 is 20.1 Å². The molecule has 2 aromatic carbocycles. The Morgan fingerprint density at radius 2 is 1.11 bits per heavy atom.